The van der Waals surface area contributed by atoms with Crippen LogP contribution < -0.4 is 0 Å². The lowest BCUT2D eigenvalue weighted by Gasteiger charge is -2.19. The van der Waals surface area contributed by atoms with E-state index in [1.165, 1.54) is 18.5 Å². The molecule has 7 heteroatoms. The molecule has 0 spiro atoms. The van der Waals surface area contributed by atoms with Gasteiger partial charge in [0.15, 0.2) is 0 Å². The van der Waals surface area contributed by atoms with E-state index in [9.17, 15) is 17.6 Å². The van der Waals surface area contributed by atoms with Crippen LogP contribution in [0.4, 0.5) is 17.6 Å². The topological polar surface area (TPSA) is 25.8 Å². The maximum atomic E-state index is 12.7. The SMILES string of the molecule is FC(F)(Cl)C(F)(F)Cc1ncccn1. The molecule has 0 fully saturated rings. The third kappa shape index (κ3) is 2.54. The second-order valence-electron chi connectivity index (χ2n) is 2.54. The van der Waals surface area contributed by atoms with Crippen LogP contribution in [0.25, 0.3) is 0 Å². The largest absolute Gasteiger partial charge is 0.384 e. The molecule has 14 heavy (non-hydrogen) atoms. The number of rotatable bonds is 3. The Bertz CT molecular complexity index is 298. The zero-order valence-electron chi connectivity index (χ0n) is 6.72. The highest BCUT2D eigenvalue weighted by atomic mass is 35.5. The minimum atomic E-state index is -4.59. The average Bonchev–Trinajstić information content (AvgIpc) is 2.03. The summed E-state index contributed by atoms with van der Waals surface area (Å²) >= 11 is 4.24. The van der Waals surface area contributed by atoms with Crippen molar-refractivity contribution in [1.29, 1.82) is 0 Å². The van der Waals surface area contributed by atoms with Gasteiger partial charge in [0.05, 0.1) is 6.42 Å². The van der Waals surface area contributed by atoms with Gasteiger partial charge in [0.1, 0.15) is 5.82 Å². The van der Waals surface area contributed by atoms with Crippen molar-refractivity contribution < 1.29 is 17.6 Å². The first-order valence-electron chi connectivity index (χ1n) is 3.53. The minimum absolute atomic E-state index is 0.377. The lowest BCUT2D eigenvalue weighted by atomic mass is 10.2. The van der Waals surface area contributed by atoms with Gasteiger partial charge in [0.2, 0.25) is 0 Å². The predicted octanol–water partition coefficient (Wildman–Crippen LogP) is 2.49. The quantitative estimate of drug-likeness (QED) is 0.587. The summed E-state index contributed by atoms with van der Waals surface area (Å²) in [5.41, 5.74) is 0. The van der Waals surface area contributed by atoms with Gasteiger partial charge in [0, 0.05) is 12.4 Å². The Morgan fingerprint density at radius 2 is 1.64 bits per heavy atom. The van der Waals surface area contributed by atoms with Gasteiger partial charge < -0.3 is 0 Å². The molecule has 0 aliphatic heterocycles. The van der Waals surface area contributed by atoms with Crippen molar-refractivity contribution in [2.24, 2.45) is 0 Å². The molecule has 0 N–H and O–H groups in total. The number of aromatic nitrogens is 2. The van der Waals surface area contributed by atoms with Crippen molar-refractivity contribution in [2.45, 2.75) is 17.7 Å². The van der Waals surface area contributed by atoms with Crippen molar-refractivity contribution in [3.05, 3.63) is 24.3 Å². The van der Waals surface area contributed by atoms with Gasteiger partial charge in [0.25, 0.3) is 0 Å². The molecule has 0 aliphatic rings. The number of halogens is 5. The summed E-state index contributed by atoms with van der Waals surface area (Å²) in [6.45, 7) is 0. The summed E-state index contributed by atoms with van der Waals surface area (Å²) in [4.78, 5) is 6.79. The zero-order chi connectivity index (χ0) is 10.8. The Labute approximate surface area is 81.9 Å². The summed E-state index contributed by atoms with van der Waals surface area (Å²) < 4.78 is 49.6. The van der Waals surface area contributed by atoms with Crippen LogP contribution in [-0.2, 0) is 6.42 Å². The molecule has 1 aromatic heterocycles. The molecule has 0 saturated carbocycles. The summed E-state index contributed by atoms with van der Waals surface area (Å²) in [5, 5.41) is -4.59. The highest BCUT2D eigenvalue weighted by molar-refractivity contribution is 6.22. The molecule has 0 saturated heterocycles. The van der Waals surface area contributed by atoms with Gasteiger partial charge in [-0.15, -0.1) is 0 Å². The standard InChI is InChI=1S/C7H5ClF4N2/c8-7(11,12)6(9,10)4-5-13-2-1-3-14-5/h1-3H,4H2. The summed E-state index contributed by atoms with van der Waals surface area (Å²) in [7, 11) is 0. The third-order valence-electron chi connectivity index (χ3n) is 1.41. The van der Waals surface area contributed by atoms with E-state index < -0.39 is 17.7 Å². The van der Waals surface area contributed by atoms with Gasteiger partial charge >= 0.3 is 11.3 Å². The van der Waals surface area contributed by atoms with Crippen molar-refractivity contribution in [3.63, 3.8) is 0 Å². The van der Waals surface area contributed by atoms with Crippen molar-refractivity contribution in [2.75, 3.05) is 0 Å². The average molecular weight is 229 g/mol. The van der Waals surface area contributed by atoms with Gasteiger partial charge in [-0.2, -0.15) is 17.6 Å². The molecular formula is C7H5ClF4N2. The zero-order valence-corrected chi connectivity index (χ0v) is 7.48. The minimum Gasteiger partial charge on any atom is -0.241 e. The number of hydrogen-bond donors (Lipinski definition) is 0. The Kier molecular flexibility index (Phi) is 2.94. The van der Waals surface area contributed by atoms with Crippen LogP contribution in [0.1, 0.15) is 5.82 Å². The van der Waals surface area contributed by atoms with Gasteiger partial charge in [-0.1, -0.05) is 0 Å². The molecule has 0 radical (unpaired) electrons. The van der Waals surface area contributed by atoms with E-state index in [2.05, 4.69) is 21.6 Å². The normalized spacial score (nSPS) is 12.9. The van der Waals surface area contributed by atoms with Crippen LogP contribution in [0.15, 0.2) is 18.5 Å². The Balaban J connectivity index is 2.79. The van der Waals surface area contributed by atoms with E-state index in [1.807, 2.05) is 0 Å². The second kappa shape index (κ2) is 3.68. The van der Waals surface area contributed by atoms with Crippen molar-refractivity contribution >= 4 is 11.6 Å². The molecule has 1 aromatic rings. The second-order valence-corrected chi connectivity index (χ2v) is 3.02. The van der Waals surface area contributed by atoms with E-state index in [0.29, 0.717) is 0 Å². The fraction of sp³-hybridized carbons (Fsp3) is 0.429. The number of nitrogens with zero attached hydrogens (tertiary/aromatic N) is 2. The third-order valence-corrected chi connectivity index (χ3v) is 1.69. The van der Waals surface area contributed by atoms with Gasteiger partial charge in [-0.25, -0.2) is 9.97 Å². The van der Waals surface area contributed by atoms with E-state index in [-0.39, 0.29) is 5.82 Å². The maximum Gasteiger partial charge on any atom is 0.384 e. The lowest BCUT2D eigenvalue weighted by molar-refractivity contribution is -0.156. The molecule has 1 heterocycles. The molecular weight excluding hydrogens is 224 g/mol. The molecule has 0 aliphatic carbocycles. The summed E-state index contributed by atoms with van der Waals surface area (Å²) in [6, 6.07) is 1.39. The van der Waals surface area contributed by atoms with E-state index >= 15 is 0 Å². The molecule has 1 rings (SSSR count). The van der Waals surface area contributed by atoms with E-state index in [1.54, 1.807) is 0 Å². The van der Waals surface area contributed by atoms with Gasteiger partial charge in [-0.05, 0) is 17.7 Å². The Morgan fingerprint density at radius 1 is 1.14 bits per heavy atom. The van der Waals surface area contributed by atoms with Crippen molar-refractivity contribution in [3.8, 4) is 0 Å². The highest BCUT2D eigenvalue weighted by Gasteiger charge is 2.55. The molecule has 0 atom stereocenters. The number of hydrogen-bond acceptors (Lipinski definition) is 2. The molecule has 0 amide bonds. The molecule has 0 unspecified atom stereocenters. The first kappa shape index (κ1) is 11.2. The molecule has 0 aromatic carbocycles. The summed E-state index contributed by atoms with van der Waals surface area (Å²) in [6.07, 6.45) is 1.08. The monoisotopic (exact) mass is 228 g/mol. The van der Waals surface area contributed by atoms with E-state index in [0.717, 1.165) is 0 Å². The van der Waals surface area contributed by atoms with Crippen LogP contribution in [0, 0.1) is 0 Å². The first-order chi connectivity index (χ1) is 6.33. The van der Waals surface area contributed by atoms with Crippen LogP contribution in [0.5, 0.6) is 0 Å². The first-order valence-corrected chi connectivity index (χ1v) is 3.91. The maximum absolute atomic E-state index is 12.7. The van der Waals surface area contributed by atoms with Crippen LogP contribution in [0.3, 0.4) is 0 Å². The van der Waals surface area contributed by atoms with Crippen LogP contribution >= 0.6 is 11.6 Å². The van der Waals surface area contributed by atoms with E-state index in [4.69, 9.17) is 0 Å². The molecule has 0 bridgehead atoms. The lowest BCUT2D eigenvalue weighted by Crippen LogP contribution is -2.38. The highest BCUT2D eigenvalue weighted by Crippen LogP contribution is 2.39. The number of alkyl halides is 5. The van der Waals surface area contributed by atoms with Crippen molar-refractivity contribution in [1.82, 2.24) is 9.97 Å². The molecule has 2 nitrogen and oxygen atoms in total. The Hall–Kier alpha value is -0.910. The van der Waals surface area contributed by atoms with Gasteiger partial charge in [-0.3, -0.25) is 0 Å². The fourth-order valence-corrected chi connectivity index (χ4v) is 0.787. The predicted molar refractivity (Wildman–Crippen MR) is 41.5 cm³/mol. The van der Waals surface area contributed by atoms with Crippen LogP contribution in [0.2, 0.25) is 0 Å². The smallest absolute Gasteiger partial charge is 0.241 e. The Morgan fingerprint density at radius 3 is 2.07 bits per heavy atom. The molecule has 78 valence electrons. The fourth-order valence-electron chi connectivity index (χ4n) is 0.720. The summed E-state index contributed by atoms with van der Waals surface area (Å²) in [5.74, 6) is -4.73. The van der Waals surface area contributed by atoms with Crippen LogP contribution in [-0.4, -0.2) is 21.3 Å².